The minimum absolute atomic E-state index is 0.143. The van der Waals surface area contributed by atoms with Gasteiger partial charge in [-0.3, -0.25) is 9.78 Å². The van der Waals surface area contributed by atoms with Crippen LogP contribution >= 0.6 is 0 Å². The summed E-state index contributed by atoms with van der Waals surface area (Å²) in [5, 5.41) is 13.7. The Morgan fingerprint density at radius 2 is 2.18 bits per heavy atom. The Balaban J connectivity index is 2.21. The summed E-state index contributed by atoms with van der Waals surface area (Å²) in [4.78, 5) is 16.8. The number of nitrogens with zero attached hydrogens (tertiary/aromatic N) is 1. The molecule has 0 aliphatic heterocycles. The molecular formula is C18H24N2O2. The van der Waals surface area contributed by atoms with Crippen LogP contribution in [0.3, 0.4) is 0 Å². The van der Waals surface area contributed by atoms with Gasteiger partial charge in [0.1, 0.15) is 0 Å². The highest BCUT2D eigenvalue weighted by atomic mass is 16.3. The maximum absolute atomic E-state index is 12.5. The Labute approximate surface area is 131 Å². The monoisotopic (exact) mass is 300 g/mol. The van der Waals surface area contributed by atoms with Crippen LogP contribution in [0.4, 0.5) is 0 Å². The molecule has 1 amide bonds. The summed E-state index contributed by atoms with van der Waals surface area (Å²) in [5.74, 6) is -0.143. The van der Waals surface area contributed by atoms with Crippen LogP contribution in [0.2, 0.25) is 0 Å². The van der Waals surface area contributed by atoms with Gasteiger partial charge in [-0.25, -0.2) is 0 Å². The van der Waals surface area contributed by atoms with Crippen molar-refractivity contribution >= 4 is 16.8 Å². The van der Waals surface area contributed by atoms with Crippen LogP contribution in [-0.4, -0.2) is 28.1 Å². The number of rotatable bonds is 6. The molecule has 0 radical (unpaired) electrons. The van der Waals surface area contributed by atoms with E-state index in [0.717, 1.165) is 35.7 Å². The second-order valence-electron chi connectivity index (χ2n) is 5.83. The first-order chi connectivity index (χ1) is 10.5. The zero-order valence-electron chi connectivity index (χ0n) is 13.5. The number of aromatic nitrogens is 1. The highest BCUT2D eigenvalue weighted by Gasteiger charge is 2.18. The maximum atomic E-state index is 12.5. The van der Waals surface area contributed by atoms with Gasteiger partial charge in [-0.2, -0.15) is 0 Å². The predicted molar refractivity (Wildman–Crippen MR) is 88.9 cm³/mol. The van der Waals surface area contributed by atoms with Crippen LogP contribution in [0.5, 0.6) is 0 Å². The molecule has 22 heavy (non-hydrogen) atoms. The molecule has 0 aliphatic rings. The van der Waals surface area contributed by atoms with Gasteiger partial charge >= 0.3 is 0 Å². The van der Waals surface area contributed by atoms with Crippen molar-refractivity contribution in [2.75, 3.05) is 0 Å². The fourth-order valence-electron chi connectivity index (χ4n) is 2.62. The number of amides is 1. The second kappa shape index (κ2) is 7.36. The number of benzene rings is 1. The number of aliphatic hydroxyl groups excluding tert-OH is 1. The molecule has 2 rings (SSSR count). The number of unbranched alkanes of at least 4 members (excludes halogenated alkanes) is 1. The quantitative estimate of drug-likeness (QED) is 0.861. The summed E-state index contributed by atoms with van der Waals surface area (Å²) in [7, 11) is 0. The standard InChI is InChI=1S/C18H24N2O2/c1-4-5-8-16(13(3)21)20-18(22)15-10-12(2)17-14(11-15)7-6-9-19-17/h6-7,9-11,13,16,21H,4-5,8H2,1-3H3,(H,20,22). The van der Waals surface area contributed by atoms with Gasteiger partial charge in [0.05, 0.1) is 17.7 Å². The predicted octanol–water partition coefficient (Wildman–Crippen LogP) is 3.21. The molecule has 0 bridgehead atoms. The molecule has 1 aromatic carbocycles. The Morgan fingerprint density at radius 1 is 1.41 bits per heavy atom. The van der Waals surface area contributed by atoms with Crippen molar-refractivity contribution in [1.82, 2.24) is 10.3 Å². The van der Waals surface area contributed by atoms with Crippen molar-refractivity contribution < 1.29 is 9.90 Å². The number of hydrogen-bond donors (Lipinski definition) is 2. The van der Waals surface area contributed by atoms with Crippen LogP contribution < -0.4 is 5.32 Å². The fraction of sp³-hybridized carbons (Fsp3) is 0.444. The molecule has 1 heterocycles. The van der Waals surface area contributed by atoms with Gasteiger partial charge in [0, 0.05) is 17.1 Å². The Hall–Kier alpha value is -1.94. The summed E-state index contributed by atoms with van der Waals surface area (Å²) < 4.78 is 0. The second-order valence-corrected chi connectivity index (χ2v) is 5.83. The first-order valence-electron chi connectivity index (χ1n) is 7.87. The van der Waals surface area contributed by atoms with Gasteiger partial charge in [0.2, 0.25) is 0 Å². The maximum Gasteiger partial charge on any atom is 0.251 e. The lowest BCUT2D eigenvalue weighted by Crippen LogP contribution is -2.42. The summed E-state index contributed by atoms with van der Waals surface area (Å²) in [6.45, 7) is 5.77. The van der Waals surface area contributed by atoms with Crippen LogP contribution in [0, 0.1) is 6.92 Å². The molecule has 4 nitrogen and oxygen atoms in total. The molecule has 2 aromatic rings. The van der Waals surface area contributed by atoms with Crippen molar-refractivity contribution in [2.24, 2.45) is 0 Å². The minimum atomic E-state index is -0.557. The van der Waals surface area contributed by atoms with E-state index in [1.165, 1.54) is 0 Å². The molecule has 118 valence electrons. The van der Waals surface area contributed by atoms with Crippen molar-refractivity contribution in [1.29, 1.82) is 0 Å². The third-order valence-electron chi connectivity index (χ3n) is 3.93. The minimum Gasteiger partial charge on any atom is -0.391 e. The molecule has 2 unspecified atom stereocenters. The molecule has 0 aliphatic carbocycles. The third kappa shape index (κ3) is 3.83. The summed E-state index contributed by atoms with van der Waals surface area (Å²) in [5.41, 5.74) is 2.50. The molecular weight excluding hydrogens is 276 g/mol. The first kappa shape index (κ1) is 16.4. The number of carbonyl (C=O) groups is 1. The highest BCUT2D eigenvalue weighted by molar-refractivity contribution is 5.99. The first-order valence-corrected chi connectivity index (χ1v) is 7.87. The van der Waals surface area contributed by atoms with Crippen molar-refractivity contribution in [2.45, 2.75) is 52.2 Å². The Morgan fingerprint density at radius 3 is 2.86 bits per heavy atom. The van der Waals surface area contributed by atoms with E-state index < -0.39 is 6.10 Å². The fourth-order valence-corrected chi connectivity index (χ4v) is 2.62. The molecule has 0 fully saturated rings. The molecule has 4 heteroatoms. The van der Waals surface area contributed by atoms with Gasteiger partial charge in [-0.05, 0) is 44.0 Å². The largest absolute Gasteiger partial charge is 0.391 e. The SMILES string of the molecule is CCCCC(NC(=O)c1cc(C)c2ncccc2c1)C(C)O. The third-order valence-corrected chi connectivity index (χ3v) is 3.93. The molecule has 0 spiro atoms. The van der Waals surface area contributed by atoms with E-state index >= 15 is 0 Å². The van der Waals surface area contributed by atoms with E-state index in [1.807, 2.05) is 31.2 Å². The van der Waals surface area contributed by atoms with E-state index in [1.54, 1.807) is 13.1 Å². The normalized spacial score (nSPS) is 13.8. The van der Waals surface area contributed by atoms with Gasteiger partial charge in [-0.15, -0.1) is 0 Å². The van der Waals surface area contributed by atoms with Crippen LogP contribution in [0.15, 0.2) is 30.5 Å². The number of hydrogen-bond acceptors (Lipinski definition) is 3. The van der Waals surface area contributed by atoms with Gasteiger partial charge in [-0.1, -0.05) is 25.8 Å². The van der Waals surface area contributed by atoms with E-state index in [0.29, 0.717) is 5.56 Å². The van der Waals surface area contributed by atoms with Crippen molar-refractivity contribution in [3.8, 4) is 0 Å². The Bertz CT molecular complexity index is 653. The zero-order valence-corrected chi connectivity index (χ0v) is 13.5. The lowest BCUT2D eigenvalue weighted by atomic mass is 10.0. The smallest absolute Gasteiger partial charge is 0.251 e. The number of carbonyl (C=O) groups excluding carboxylic acids is 1. The molecule has 1 aromatic heterocycles. The number of nitrogens with one attached hydrogen (secondary N) is 1. The van der Waals surface area contributed by atoms with Crippen molar-refractivity contribution in [3.05, 3.63) is 41.6 Å². The summed E-state index contributed by atoms with van der Waals surface area (Å²) in [6.07, 6.45) is 4.01. The van der Waals surface area contributed by atoms with Crippen molar-refractivity contribution in [3.63, 3.8) is 0 Å². The molecule has 2 atom stereocenters. The van der Waals surface area contributed by atoms with E-state index in [9.17, 15) is 9.90 Å². The topological polar surface area (TPSA) is 62.2 Å². The average Bonchev–Trinajstić information content (AvgIpc) is 2.50. The summed E-state index contributed by atoms with van der Waals surface area (Å²) in [6, 6.07) is 7.31. The van der Waals surface area contributed by atoms with Gasteiger partial charge in [0.25, 0.3) is 5.91 Å². The Kier molecular flexibility index (Phi) is 5.50. The lowest BCUT2D eigenvalue weighted by Gasteiger charge is -2.21. The van der Waals surface area contributed by atoms with E-state index in [-0.39, 0.29) is 11.9 Å². The molecule has 2 N–H and O–H groups in total. The van der Waals surface area contributed by atoms with Gasteiger partial charge < -0.3 is 10.4 Å². The van der Waals surface area contributed by atoms with Crippen LogP contribution in [0.1, 0.15) is 49.0 Å². The van der Waals surface area contributed by atoms with Crippen LogP contribution in [-0.2, 0) is 0 Å². The van der Waals surface area contributed by atoms with Crippen LogP contribution in [0.25, 0.3) is 10.9 Å². The highest BCUT2D eigenvalue weighted by Crippen LogP contribution is 2.18. The average molecular weight is 300 g/mol. The number of pyridine rings is 1. The molecule has 0 saturated heterocycles. The zero-order chi connectivity index (χ0) is 16.1. The van der Waals surface area contributed by atoms with E-state index in [2.05, 4.69) is 17.2 Å². The number of aryl methyl sites for hydroxylation is 1. The van der Waals surface area contributed by atoms with Gasteiger partial charge in [0.15, 0.2) is 0 Å². The summed E-state index contributed by atoms with van der Waals surface area (Å²) >= 11 is 0. The molecule has 0 saturated carbocycles. The number of fused-ring (bicyclic) bond motifs is 1. The number of aliphatic hydroxyl groups is 1. The van der Waals surface area contributed by atoms with E-state index in [4.69, 9.17) is 0 Å². The lowest BCUT2D eigenvalue weighted by molar-refractivity contribution is 0.0848.